The van der Waals surface area contributed by atoms with Crippen LogP contribution in [0.4, 0.5) is 0 Å². The summed E-state index contributed by atoms with van der Waals surface area (Å²) in [6, 6.07) is 9.14. The number of rotatable bonds is 4. The molecule has 0 unspecified atom stereocenters. The molecule has 3 rings (SSSR count). The largest absolute Gasteiger partial charge is 0.435 e. The summed E-state index contributed by atoms with van der Waals surface area (Å²) in [5.74, 6) is 0.635. The van der Waals surface area contributed by atoms with Crippen molar-refractivity contribution in [2.75, 3.05) is 0 Å². The molecule has 3 aromatic rings. The maximum absolute atomic E-state index is 12.0. The third kappa shape index (κ3) is 2.69. The van der Waals surface area contributed by atoms with Gasteiger partial charge in [-0.15, -0.1) is 0 Å². The van der Waals surface area contributed by atoms with Gasteiger partial charge in [0, 0.05) is 31.3 Å². The van der Waals surface area contributed by atoms with Crippen molar-refractivity contribution in [3.63, 3.8) is 0 Å². The van der Waals surface area contributed by atoms with Crippen molar-refractivity contribution >= 4 is 0 Å². The summed E-state index contributed by atoms with van der Waals surface area (Å²) in [4.78, 5) is 16.0. The second-order valence-electron chi connectivity index (χ2n) is 4.37. The maximum Gasteiger partial charge on any atom is 0.313 e. The Hall–Kier alpha value is -2.89. The zero-order chi connectivity index (χ0) is 14.7. The Bertz CT molecular complexity index is 776. The van der Waals surface area contributed by atoms with Crippen LogP contribution >= 0.6 is 0 Å². The fourth-order valence-corrected chi connectivity index (χ4v) is 1.95. The van der Waals surface area contributed by atoms with Crippen molar-refractivity contribution in [1.29, 1.82) is 0 Å². The maximum atomic E-state index is 12.0. The first-order chi connectivity index (χ1) is 10.3. The first-order valence-electron chi connectivity index (χ1n) is 6.61. The van der Waals surface area contributed by atoms with Gasteiger partial charge in [0.2, 0.25) is 0 Å². The molecule has 0 N–H and O–H groups in total. The number of hydrogen-bond donors (Lipinski definition) is 0. The molecule has 2 aromatic heterocycles. The Morgan fingerprint density at radius 1 is 1.14 bits per heavy atom. The number of nitrogens with zero attached hydrogens (tertiary/aromatic N) is 4. The zero-order valence-electron chi connectivity index (χ0n) is 11.5. The Balaban J connectivity index is 1.84. The minimum Gasteiger partial charge on any atom is -0.435 e. The monoisotopic (exact) mass is 282 g/mol. The molecule has 1 aromatic carbocycles. The summed E-state index contributed by atoms with van der Waals surface area (Å²) < 4.78 is 8.84. The van der Waals surface area contributed by atoms with Crippen LogP contribution in [-0.4, -0.2) is 19.3 Å². The Morgan fingerprint density at radius 3 is 2.62 bits per heavy atom. The molecule has 0 aliphatic heterocycles. The molecule has 0 radical (unpaired) electrons. The van der Waals surface area contributed by atoms with Gasteiger partial charge in [0.05, 0.1) is 5.69 Å². The molecule has 0 saturated carbocycles. The lowest BCUT2D eigenvalue weighted by Crippen LogP contribution is -2.20. The van der Waals surface area contributed by atoms with Crippen molar-refractivity contribution in [1.82, 2.24) is 19.3 Å². The van der Waals surface area contributed by atoms with Gasteiger partial charge in [0.25, 0.3) is 5.88 Å². The Kier molecular flexibility index (Phi) is 3.51. The molecule has 0 amide bonds. The van der Waals surface area contributed by atoms with Crippen molar-refractivity contribution in [3.05, 3.63) is 65.5 Å². The van der Waals surface area contributed by atoms with Gasteiger partial charge in [-0.25, -0.2) is 9.67 Å². The van der Waals surface area contributed by atoms with Crippen LogP contribution in [0.1, 0.15) is 6.92 Å². The van der Waals surface area contributed by atoms with E-state index in [1.54, 1.807) is 40.0 Å². The topological polar surface area (TPSA) is 61.9 Å². The summed E-state index contributed by atoms with van der Waals surface area (Å²) in [5, 5.41) is 4.15. The first-order valence-corrected chi connectivity index (χ1v) is 6.61. The number of aromatic nitrogens is 4. The van der Waals surface area contributed by atoms with Crippen LogP contribution in [0, 0.1) is 0 Å². The zero-order valence-corrected chi connectivity index (χ0v) is 11.5. The molecule has 2 heterocycles. The van der Waals surface area contributed by atoms with Crippen LogP contribution in [0.15, 0.2) is 59.9 Å². The number of benzene rings is 1. The molecule has 21 heavy (non-hydrogen) atoms. The van der Waals surface area contributed by atoms with Crippen molar-refractivity contribution in [2.24, 2.45) is 0 Å². The molecule has 106 valence electrons. The highest BCUT2D eigenvalue weighted by molar-refractivity contribution is 5.37. The Morgan fingerprint density at radius 2 is 1.95 bits per heavy atom. The minimum absolute atomic E-state index is 0.0752. The van der Waals surface area contributed by atoms with Crippen LogP contribution in [-0.2, 0) is 6.54 Å². The van der Waals surface area contributed by atoms with E-state index in [1.807, 2.05) is 31.3 Å². The second-order valence-corrected chi connectivity index (χ2v) is 4.37. The highest BCUT2D eigenvalue weighted by Gasteiger charge is 2.06. The Labute approximate surface area is 121 Å². The molecular formula is C15H14N4O2. The van der Waals surface area contributed by atoms with E-state index in [0.717, 1.165) is 5.69 Å². The van der Waals surface area contributed by atoms with Gasteiger partial charge < -0.3 is 9.30 Å². The normalized spacial score (nSPS) is 10.5. The van der Waals surface area contributed by atoms with Crippen LogP contribution < -0.4 is 10.3 Å². The van der Waals surface area contributed by atoms with Gasteiger partial charge in [-0.2, -0.15) is 5.10 Å². The minimum atomic E-state index is -0.240. The van der Waals surface area contributed by atoms with Gasteiger partial charge in [-0.3, -0.25) is 4.79 Å². The predicted octanol–water partition coefficient (Wildman–Crippen LogP) is 2.24. The van der Waals surface area contributed by atoms with E-state index in [1.165, 1.54) is 0 Å². The van der Waals surface area contributed by atoms with E-state index in [4.69, 9.17) is 4.74 Å². The van der Waals surface area contributed by atoms with E-state index >= 15 is 0 Å². The van der Waals surface area contributed by atoms with Gasteiger partial charge in [-0.05, 0) is 37.3 Å². The van der Waals surface area contributed by atoms with Gasteiger partial charge in [0.15, 0.2) is 0 Å². The molecular weight excluding hydrogens is 268 g/mol. The molecule has 6 heteroatoms. The highest BCUT2D eigenvalue weighted by Crippen LogP contribution is 2.18. The van der Waals surface area contributed by atoms with Crippen LogP contribution in [0.25, 0.3) is 5.69 Å². The van der Waals surface area contributed by atoms with E-state index in [9.17, 15) is 4.79 Å². The molecule has 0 aliphatic rings. The van der Waals surface area contributed by atoms with Crippen molar-refractivity contribution in [2.45, 2.75) is 13.5 Å². The third-order valence-electron chi connectivity index (χ3n) is 3.04. The molecule has 0 aliphatic carbocycles. The number of ether oxygens (including phenoxy) is 1. The average Bonchev–Trinajstić information content (AvgIpc) is 3.04. The summed E-state index contributed by atoms with van der Waals surface area (Å²) in [6.45, 7) is 2.47. The lowest BCUT2D eigenvalue weighted by molar-refractivity contribution is 0.445. The molecule has 0 saturated heterocycles. The number of aryl methyl sites for hydroxylation is 1. The second kappa shape index (κ2) is 5.62. The molecule has 6 nitrogen and oxygen atoms in total. The first kappa shape index (κ1) is 13.1. The van der Waals surface area contributed by atoms with Gasteiger partial charge in [0.1, 0.15) is 5.75 Å². The summed E-state index contributed by atoms with van der Waals surface area (Å²) >= 11 is 0. The molecule has 0 atom stereocenters. The highest BCUT2D eigenvalue weighted by atomic mass is 16.5. The lowest BCUT2D eigenvalue weighted by Gasteiger charge is -2.07. The third-order valence-corrected chi connectivity index (χ3v) is 3.04. The molecule has 0 spiro atoms. The average molecular weight is 282 g/mol. The smallest absolute Gasteiger partial charge is 0.313 e. The van der Waals surface area contributed by atoms with Crippen LogP contribution in [0.2, 0.25) is 0 Å². The van der Waals surface area contributed by atoms with Crippen LogP contribution in [0.5, 0.6) is 11.6 Å². The summed E-state index contributed by atoms with van der Waals surface area (Å²) in [7, 11) is 0. The van der Waals surface area contributed by atoms with E-state index < -0.39 is 0 Å². The quantitative estimate of drug-likeness (QED) is 0.736. The standard InChI is InChI=1S/C15H14N4O2/c1-2-18-11-9-16-14(15(18)20)21-13-6-4-12(5-7-13)19-10-3-8-17-19/h3-11H,2H2,1H3. The van der Waals surface area contributed by atoms with Crippen molar-refractivity contribution in [3.8, 4) is 17.3 Å². The van der Waals surface area contributed by atoms with Gasteiger partial charge in [-0.1, -0.05) is 0 Å². The summed E-state index contributed by atoms with van der Waals surface area (Å²) in [5.41, 5.74) is 0.676. The fourth-order valence-electron chi connectivity index (χ4n) is 1.95. The summed E-state index contributed by atoms with van der Waals surface area (Å²) in [6.07, 6.45) is 6.76. The van der Waals surface area contributed by atoms with Gasteiger partial charge >= 0.3 is 5.56 Å². The van der Waals surface area contributed by atoms with E-state index in [2.05, 4.69) is 10.1 Å². The lowest BCUT2D eigenvalue weighted by atomic mass is 10.3. The van der Waals surface area contributed by atoms with Crippen LogP contribution in [0.3, 0.4) is 0 Å². The number of hydrogen-bond acceptors (Lipinski definition) is 4. The fraction of sp³-hybridized carbons (Fsp3) is 0.133. The van der Waals surface area contributed by atoms with Crippen molar-refractivity contribution < 1.29 is 4.74 Å². The van der Waals surface area contributed by atoms with E-state index in [-0.39, 0.29) is 11.4 Å². The SMILES string of the molecule is CCn1ccnc(Oc2ccc(-n3cccn3)cc2)c1=O. The molecule has 0 fully saturated rings. The predicted molar refractivity (Wildman–Crippen MR) is 77.8 cm³/mol. The molecule has 0 bridgehead atoms. The van der Waals surface area contributed by atoms with E-state index in [0.29, 0.717) is 12.3 Å².